The Kier molecular flexibility index (Phi) is 6.52. The van der Waals surface area contributed by atoms with Crippen molar-refractivity contribution in [3.8, 4) is 17.2 Å². The van der Waals surface area contributed by atoms with Crippen molar-refractivity contribution in [2.75, 3.05) is 25.8 Å². The number of nitrogens with zero attached hydrogens (tertiary/aromatic N) is 3. The Bertz CT molecular complexity index is 1440. The number of methoxy groups -OCH3 is 2. The molecule has 0 unspecified atom stereocenters. The molecule has 0 fully saturated rings. The topological polar surface area (TPSA) is 104 Å². The van der Waals surface area contributed by atoms with Gasteiger partial charge in [-0.3, -0.25) is 14.2 Å². The number of carbonyl (C=O) groups excluding carboxylic acids is 1. The van der Waals surface area contributed by atoms with Crippen molar-refractivity contribution in [3.05, 3.63) is 69.4 Å². The number of anilines is 1. The van der Waals surface area contributed by atoms with Crippen LogP contribution in [0.5, 0.6) is 11.5 Å². The highest BCUT2D eigenvalue weighted by molar-refractivity contribution is 8.00. The van der Waals surface area contributed by atoms with Crippen molar-refractivity contribution in [3.63, 3.8) is 0 Å². The van der Waals surface area contributed by atoms with E-state index in [4.69, 9.17) is 9.47 Å². The van der Waals surface area contributed by atoms with Crippen molar-refractivity contribution in [1.82, 2.24) is 14.1 Å². The molecule has 0 aliphatic rings. The summed E-state index contributed by atoms with van der Waals surface area (Å²) in [6, 6.07) is 13.5. The maximum absolute atomic E-state index is 13.3. The van der Waals surface area contributed by atoms with Crippen LogP contribution in [-0.2, 0) is 11.3 Å². The van der Waals surface area contributed by atoms with E-state index < -0.39 is 17.2 Å². The molecule has 1 amide bonds. The molecule has 2 heterocycles. The molecule has 0 atom stereocenters. The predicted molar refractivity (Wildman–Crippen MR) is 129 cm³/mol. The van der Waals surface area contributed by atoms with Crippen LogP contribution >= 0.6 is 23.1 Å². The van der Waals surface area contributed by atoms with E-state index in [-0.39, 0.29) is 12.2 Å². The summed E-state index contributed by atoms with van der Waals surface area (Å²) in [6.45, 7) is -0.325. The molecule has 1 N–H and O–H groups in total. The number of nitrogens with one attached hydrogen (secondary N) is 1. The number of para-hydroxylation sites is 1. The second kappa shape index (κ2) is 9.51. The lowest BCUT2D eigenvalue weighted by Gasteiger charge is -2.13. The fraction of sp³-hybridized carbons (Fsp3) is 0.182. The van der Waals surface area contributed by atoms with Crippen LogP contribution in [0.25, 0.3) is 16.0 Å². The van der Waals surface area contributed by atoms with Gasteiger partial charge >= 0.3 is 5.69 Å². The Labute approximate surface area is 196 Å². The molecule has 0 aliphatic carbocycles. The maximum atomic E-state index is 13.3. The second-order valence-electron chi connectivity index (χ2n) is 6.80. The number of carbonyl (C=O) groups is 1. The summed E-state index contributed by atoms with van der Waals surface area (Å²) in [6.07, 6.45) is 1.83. The van der Waals surface area contributed by atoms with E-state index in [0.717, 1.165) is 4.57 Å². The molecule has 9 nitrogen and oxygen atoms in total. The number of hydrogen-bond donors (Lipinski definition) is 1. The summed E-state index contributed by atoms with van der Waals surface area (Å²) < 4.78 is 13.7. The fourth-order valence-corrected chi connectivity index (χ4v) is 4.80. The molecular weight excluding hydrogens is 464 g/mol. The summed E-state index contributed by atoms with van der Waals surface area (Å²) in [5, 5.41) is 2.75. The van der Waals surface area contributed by atoms with Gasteiger partial charge in [0.25, 0.3) is 5.56 Å². The predicted octanol–water partition coefficient (Wildman–Crippen LogP) is 2.99. The number of thioether (sulfide) groups is 1. The van der Waals surface area contributed by atoms with E-state index in [0.29, 0.717) is 31.9 Å². The van der Waals surface area contributed by atoms with Gasteiger partial charge in [-0.25, -0.2) is 14.3 Å². The summed E-state index contributed by atoms with van der Waals surface area (Å²) in [5.74, 6) is 0.523. The molecule has 33 heavy (non-hydrogen) atoms. The molecule has 0 radical (unpaired) electrons. The Morgan fingerprint density at radius 3 is 2.48 bits per heavy atom. The van der Waals surface area contributed by atoms with Crippen LogP contribution in [0.2, 0.25) is 0 Å². The summed E-state index contributed by atoms with van der Waals surface area (Å²) in [7, 11) is 3.02. The first-order valence-corrected chi connectivity index (χ1v) is 11.8. The summed E-state index contributed by atoms with van der Waals surface area (Å²) in [4.78, 5) is 43.8. The molecule has 0 bridgehead atoms. The van der Waals surface area contributed by atoms with E-state index in [1.54, 1.807) is 48.5 Å². The van der Waals surface area contributed by atoms with Crippen LogP contribution in [0.1, 0.15) is 0 Å². The maximum Gasteiger partial charge on any atom is 0.337 e. The quantitative estimate of drug-likeness (QED) is 0.402. The first-order valence-electron chi connectivity index (χ1n) is 9.74. The fourth-order valence-electron chi connectivity index (χ4n) is 3.31. The molecule has 2 aromatic carbocycles. The average molecular weight is 485 g/mol. The number of rotatable bonds is 7. The van der Waals surface area contributed by atoms with Gasteiger partial charge in [0, 0.05) is 11.8 Å². The molecule has 4 rings (SSSR count). The first-order chi connectivity index (χ1) is 16.0. The second-order valence-corrected chi connectivity index (χ2v) is 8.85. The van der Waals surface area contributed by atoms with Gasteiger partial charge in [-0.2, -0.15) is 0 Å². The third kappa shape index (κ3) is 4.37. The van der Waals surface area contributed by atoms with Crippen LogP contribution in [0, 0.1) is 0 Å². The van der Waals surface area contributed by atoms with Crippen molar-refractivity contribution >= 4 is 45.0 Å². The van der Waals surface area contributed by atoms with Gasteiger partial charge in [-0.1, -0.05) is 30.0 Å². The Balaban J connectivity index is 1.77. The molecule has 11 heteroatoms. The first kappa shape index (κ1) is 22.6. The van der Waals surface area contributed by atoms with E-state index in [1.165, 1.54) is 41.9 Å². The Hall–Kier alpha value is -3.57. The van der Waals surface area contributed by atoms with Crippen molar-refractivity contribution in [2.45, 2.75) is 10.9 Å². The van der Waals surface area contributed by atoms with Gasteiger partial charge in [0.2, 0.25) is 5.91 Å². The van der Waals surface area contributed by atoms with Gasteiger partial charge in [-0.05, 0) is 30.5 Å². The average Bonchev–Trinajstić information content (AvgIpc) is 3.27. The van der Waals surface area contributed by atoms with Gasteiger partial charge in [0.05, 0.1) is 19.9 Å². The molecule has 2 aromatic heterocycles. The molecular formula is C22H20N4O5S2. The third-order valence-corrected chi connectivity index (χ3v) is 6.84. The molecule has 0 saturated heterocycles. The minimum absolute atomic E-state index is 0.189. The number of ether oxygens (including phenoxy) is 2. The van der Waals surface area contributed by atoms with Crippen LogP contribution < -0.4 is 26.0 Å². The highest BCUT2D eigenvalue weighted by Crippen LogP contribution is 2.30. The number of thiazole rings is 1. The monoisotopic (exact) mass is 484 g/mol. The van der Waals surface area contributed by atoms with Gasteiger partial charge in [-0.15, -0.1) is 11.3 Å². The highest BCUT2D eigenvalue weighted by atomic mass is 32.2. The van der Waals surface area contributed by atoms with Crippen LogP contribution in [0.15, 0.2) is 62.5 Å². The van der Waals surface area contributed by atoms with E-state index >= 15 is 0 Å². The SMILES string of the molecule is COc1ccc(NC(=O)Cn2c(=O)n(-c3ccccc3)c(=O)c3sc(SC)nc32)cc1OC. The molecule has 170 valence electrons. The van der Waals surface area contributed by atoms with E-state index in [2.05, 4.69) is 10.3 Å². The Morgan fingerprint density at radius 1 is 1.09 bits per heavy atom. The van der Waals surface area contributed by atoms with Crippen molar-refractivity contribution in [1.29, 1.82) is 0 Å². The lowest BCUT2D eigenvalue weighted by atomic mass is 10.2. The smallest absolute Gasteiger partial charge is 0.337 e. The molecule has 4 aromatic rings. The number of fused-ring (bicyclic) bond motifs is 1. The highest BCUT2D eigenvalue weighted by Gasteiger charge is 2.20. The van der Waals surface area contributed by atoms with Crippen LogP contribution in [0.4, 0.5) is 5.69 Å². The number of amides is 1. The molecule has 0 aliphatic heterocycles. The summed E-state index contributed by atoms with van der Waals surface area (Å²) >= 11 is 2.56. The lowest BCUT2D eigenvalue weighted by molar-refractivity contribution is -0.116. The molecule has 0 saturated carbocycles. The largest absolute Gasteiger partial charge is 0.493 e. The normalized spacial score (nSPS) is 10.9. The zero-order chi connectivity index (χ0) is 23.5. The van der Waals surface area contributed by atoms with Gasteiger partial charge in [0.1, 0.15) is 11.2 Å². The van der Waals surface area contributed by atoms with Crippen molar-refractivity contribution in [2.24, 2.45) is 0 Å². The van der Waals surface area contributed by atoms with E-state index in [9.17, 15) is 14.4 Å². The molecule has 0 spiro atoms. The number of benzene rings is 2. The zero-order valence-electron chi connectivity index (χ0n) is 18.0. The third-order valence-electron chi connectivity index (χ3n) is 4.82. The van der Waals surface area contributed by atoms with Crippen LogP contribution in [0.3, 0.4) is 0 Å². The Morgan fingerprint density at radius 2 is 1.82 bits per heavy atom. The standard InChI is InChI=1S/C22H20N4O5S2/c1-30-15-10-9-13(11-16(15)31-2)23-17(27)12-25-19-18(33-21(24-19)32-3)20(28)26(22(25)29)14-7-5-4-6-8-14/h4-11H,12H2,1-3H3,(H,23,27). The lowest BCUT2D eigenvalue weighted by Crippen LogP contribution is -2.40. The zero-order valence-corrected chi connectivity index (χ0v) is 19.7. The van der Waals surface area contributed by atoms with Gasteiger partial charge < -0.3 is 14.8 Å². The van der Waals surface area contributed by atoms with Crippen molar-refractivity contribution < 1.29 is 14.3 Å². The minimum atomic E-state index is -0.640. The number of aromatic nitrogens is 3. The van der Waals surface area contributed by atoms with E-state index in [1.807, 2.05) is 6.26 Å². The van der Waals surface area contributed by atoms with Gasteiger partial charge in [0.15, 0.2) is 21.5 Å². The van der Waals surface area contributed by atoms with Crippen LogP contribution in [-0.4, -0.2) is 40.5 Å². The summed E-state index contributed by atoms with van der Waals surface area (Å²) in [5.41, 5.74) is -0.0207. The number of hydrogen-bond acceptors (Lipinski definition) is 8. The minimum Gasteiger partial charge on any atom is -0.493 e.